The van der Waals surface area contributed by atoms with Gasteiger partial charge >= 0.3 is 12.1 Å². The Morgan fingerprint density at radius 2 is 2.35 bits per heavy atom. The SMILES string of the molecule is C=NC(=O)N(CCC)C(=O)NCn1cccn1. The summed E-state index contributed by atoms with van der Waals surface area (Å²) in [5, 5.41) is 6.49. The topological polar surface area (TPSA) is 79.6 Å². The quantitative estimate of drug-likeness (QED) is 0.796. The summed E-state index contributed by atoms with van der Waals surface area (Å²) < 4.78 is 1.54. The Kier molecular flexibility index (Phi) is 4.86. The summed E-state index contributed by atoms with van der Waals surface area (Å²) in [6.07, 6.45) is 3.97. The van der Waals surface area contributed by atoms with Gasteiger partial charge in [-0.1, -0.05) is 6.92 Å². The Morgan fingerprint density at radius 1 is 1.59 bits per heavy atom. The third kappa shape index (κ3) is 3.71. The molecule has 1 aromatic rings. The summed E-state index contributed by atoms with van der Waals surface area (Å²) in [5.41, 5.74) is 0. The fourth-order valence-electron chi connectivity index (χ4n) is 1.23. The minimum atomic E-state index is -0.648. The number of aromatic nitrogens is 2. The van der Waals surface area contributed by atoms with Crippen LogP contribution in [0.5, 0.6) is 0 Å². The second-order valence-electron chi connectivity index (χ2n) is 3.28. The van der Waals surface area contributed by atoms with Crippen LogP contribution in [-0.2, 0) is 6.67 Å². The van der Waals surface area contributed by atoms with Crippen molar-refractivity contribution in [1.29, 1.82) is 0 Å². The second kappa shape index (κ2) is 6.41. The second-order valence-corrected chi connectivity index (χ2v) is 3.28. The van der Waals surface area contributed by atoms with E-state index in [1.807, 2.05) is 6.92 Å². The molecule has 0 aliphatic heterocycles. The van der Waals surface area contributed by atoms with Crippen molar-refractivity contribution < 1.29 is 9.59 Å². The first-order valence-electron chi connectivity index (χ1n) is 5.22. The van der Waals surface area contributed by atoms with E-state index in [0.717, 1.165) is 4.90 Å². The van der Waals surface area contributed by atoms with Crippen LogP contribution in [0, 0.1) is 0 Å². The molecule has 1 N–H and O–H groups in total. The number of carbonyl (C=O) groups is 2. The summed E-state index contributed by atoms with van der Waals surface area (Å²) in [6, 6.07) is 0.594. The van der Waals surface area contributed by atoms with Gasteiger partial charge < -0.3 is 5.32 Å². The van der Waals surface area contributed by atoms with Crippen molar-refractivity contribution >= 4 is 18.8 Å². The third-order valence-electron chi connectivity index (χ3n) is 2.01. The van der Waals surface area contributed by atoms with Crippen molar-refractivity contribution in [3.63, 3.8) is 0 Å². The molecular formula is C10H15N5O2. The Bertz CT molecular complexity index is 387. The highest BCUT2D eigenvalue weighted by Crippen LogP contribution is 1.96. The van der Waals surface area contributed by atoms with Gasteiger partial charge in [0.05, 0.1) is 0 Å². The molecule has 0 fully saturated rings. The average molecular weight is 237 g/mol. The van der Waals surface area contributed by atoms with Gasteiger partial charge in [-0.15, -0.1) is 0 Å². The molecule has 7 nitrogen and oxygen atoms in total. The van der Waals surface area contributed by atoms with E-state index < -0.39 is 12.1 Å². The maximum atomic E-state index is 11.7. The number of aliphatic imine (C=N–C) groups is 1. The zero-order valence-corrected chi connectivity index (χ0v) is 9.67. The Hall–Kier alpha value is -2.18. The van der Waals surface area contributed by atoms with Crippen LogP contribution >= 0.6 is 0 Å². The van der Waals surface area contributed by atoms with Crippen LogP contribution in [0.1, 0.15) is 13.3 Å². The summed E-state index contributed by atoms with van der Waals surface area (Å²) in [4.78, 5) is 27.2. The number of hydrogen-bond acceptors (Lipinski definition) is 3. The molecule has 92 valence electrons. The highest BCUT2D eigenvalue weighted by atomic mass is 16.2. The maximum absolute atomic E-state index is 11.7. The number of imide groups is 1. The monoisotopic (exact) mass is 237 g/mol. The van der Waals surface area contributed by atoms with Crippen molar-refractivity contribution in [2.24, 2.45) is 4.99 Å². The largest absolute Gasteiger partial charge is 0.351 e. The Morgan fingerprint density at radius 3 is 2.88 bits per heavy atom. The van der Waals surface area contributed by atoms with Gasteiger partial charge in [0.25, 0.3) is 0 Å². The normalized spacial score (nSPS) is 9.71. The van der Waals surface area contributed by atoms with Crippen molar-refractivity contribution in [2.75, 3.05) is 6.54 Å². The first kappa shape index (κ1) is 12.9. The molecule has 0 aliphatic rings. The lowest BCUT2D eigenvalue weighted by atomic mass is 10.4. The molecule has 0 atom stereocenters. The summed E-state index contributed by atoms with van der Waals surface area (Å²) in [5.74, 6) is 0. The van der Waals surface area contributed by atoms with E-state index in [9.17, 15) is 9.59 Å². The molecule has 0 spiro atoms. The van der Waals surface area contributed by atoms with Crippen molar-refractivity contribution in [3.05, 3.63) is 18.5 Å². The number of rotatable bonds is 4. The minimum absolute atomic E-state index is 0.205. The molecule has 0 saturated carbocycles. The highest BCUT2D eigenvalue weighted by molar-refractivity contribution is 5.95. The summed E-state index contributed by atoms with van der Waals surface area (Å²) >= 11 is 0. The van der Waals surface area contributed by atoms with E-state index in [0.29, 0.717) is 13.0 Å². The lowest BCUT2D eigenvalue weighted by Crippen LogP contribution is -2.43. The van der Waals surface area contributed by atoms with Gasteiger partial charge in [0.1, 0.15) is 6.67 Å². The zero-order chi connectivity index (χ0) is 12.7. The van der Waals surface area contributed by atoms with Crippen molar-refractivity contribution in [3.8, 4) is 0 Å². The van der Waals surface area contributed by atoms with Gasteiger partial charge in [0, 0.05) is 18.9 Å². The summed E-state index contributed by atoms with van der Waals surface area (Å²) in [6.45, 7) is 5.50. The van der Waals surface area contributed by atoms with E-state index in [1.165, 1.54) is 4.68 Å². The highest BCUT2D eigenvalue weighted by Gasteiger charge is 2.18. The van der Waals surface area contributed by atoms with Crippen LogP contribution in [-0.4, -0.2) is 40.0 Å². The molecule has 0 radical (unpaired) electrons. The molecule has 0 unspecified atom stereocenters. The van der Waals surface area contributed by atoms with Crippen molar-refractivity contribution in [1.82, 2.24) is 20.0 Å². The number of nitrogens with one attached hydrogen (secondary N) is 1. The van der Waals surface area contributed by atoms with Gasteiger partial charge in [0.15, 0.2) is 0 Å². The molecule has 17 heavy (non-hydrogen) atoms. The Labute approximate surface area is 99.1 Å². The first-order chi connectivity index (χ1) is 8.19. The van der Waals surface area contributed by atoms with Gasteiger partial charge in [-0.25, -0.2) is 19.5 Å². The van der Waals surface area contributed by atoms with Crippen LogP contribution in [0.25, 0.3) is 0 Å². The number of hydrogen-bond donors (Lipinski definition) is 1. The van der Waals surface area contributed by atoms with Crippen LogP contribution < -0.4 is 5.32 Å². The first-order valence-corrected chi connectivity index (χ1v) is 5.22. The zero-order valence-electron chi connectivity index (χ0n) is 9.67. The molecule has 0 bridgehead atoms. The molecule has 0 aliphatic carbocycles. The van der Waals surface area contributed by atoms with Crippen LogP contribution in [0.2, 0.25) is 0 Å². The van der Waals surface area contributed by atoms with E-state index in [1.54, 1.807) is 18.5 Å². The number of nitrogens with zero attached hydrogens (tertiary/aromatic N) is 4. The fourth-order valence-corrected chi connectivity index (χ4v) is 1.23. The third-order valence-corrected chi connectivity index (χ3v) is 2.01. The summed E-state index contributed by atoms with van der Waals surface area (Å²) in [7, 11) is 0. The molecule has 4 amide bonds. The van der Waals surface area contributed by atoms with Crippen LogP contribution in [0.4, 0.5) is 9.59 Å². The van der Waals surface area contributed by atoms with Gasteiger partial charge in [-0.3, -0.25) is 4.68 Å². The van der Waals surface area contributed by atoms with E-state index in [-0.39, 0.29) is 6.67 Å². The van der Waals surface area contributed by atoms with Gasteiger partial charge in [-0.05, 0) is 19.2 Å². The maximum Gasteiger partial charge on any atom is 0.351 e. The average Bonchev–Trinajstić information content (AvgIpc) is 2.85. The predicted molar refractivity (Wildman–Crippen MR) is 62.7 cm³/mol. The predicted octanol–water partition coefficient (Wildman–Crippen LogP) is 1.08. The lowest BCUT2D eigenvalue weighted by Gasteiger charge is -2.17. The van der Waals surface area contributed by atoms with Crippen LogP contribution in [0.3, 0.4) is 0 Å². The molecular weight excluding hydrogens is 222 g/mol. The molecule has 0 aromatic carbocycles. The van der Waals surface area contributed by atoms with E-state index in [2.05, 4.69) is 22.1 Å². The molecule has 1 aromatic heterocycles. The fraction of sp³-hybridized carbons (Fsp3) is 0.400. The molecule has 1 heterocycles. The molecule has 1 rings (SSSR count). The number of amides is 4. The van der Waals surface area contributed by atoms with Crippen LogP contribution in [0.15, 0.2) is 23.5 Å². The molecule has 0 saturated heterocycles. The smallest absolute Gasteiger partial charge is 0.318 e. The number of urea groups is 2. The lowest BCUT2D eigenvalue weighted by molar-refractivity contribution is 0.189. The van der Waals surface area contributed by atoms with Gasteiger partial charge in [0.2, 0.25) is 0 Å². The Balaban J connectivity index is 2.53. The van der Waals surface area contributed by atoms with E-state index in [4.69, 9.17) is 0 Å². The molecule has 7 heteroatoms. The van der Waals surface area contributed by atoms with Gasteiger partial charge in [-0.2, -0.15) is 5.10 Å². The minimum Gasteiger partial charge on any atom is -0.318 e. The van der Waals surface area contributed by atoms with E-state index >= 15 is 0 Å². The van der Waals surface area contributed by atoms with Crippen molar-refractivity contribution in [2.45, 2.75) is 20.0 Å². The number of carbonyl (C=O) groups excluding carboxylic acids is 2. The standard InChI is InChI=1S/C10H15N5O2/c1-3-6-15(9(16)11-2)10(17)12-8-14-7-4-5-13-14/h4-5,7H,2-3,6,8H2,1H3,(H,12,17).